The number of rotatable bonds is 6. The summed E-state index contributed by atoms with van der Waals surface area (Å²) in [6, 6.07) is 11.8. The Morgan fingerprint density at radius 2 is 1.91 bits per heavy atom. The van der Waals surface area contributed by atoms with Crippen LogP contribution < -0.4 is 14.8 Å². The summed E-state index contributed by atoms with van der Waals surface area (Å²) in [5.41, 5.74) is 1.72. The first kappa shape index (κ1) is 16.2. The fourth-order valence-electron chi connectivity index (χ4n) is 2.01. The summed E-state index contributed by atoms with van der Waals surface area (Å²) < 4.78 is 23.7. The van der Waals surface area contributed by atoms with Gasteiger partial charge in [-0.05, 0) is 36.8 Å². The van der Waals surface area contributed by atoms with E-state index in [2.05, 4.69) is 5.32 Å². The first-order valence-corrected chi connectivity index (χ1v) is 7.38. The van der Waals surface area contributed by atoms with E-state index >= 15 is 0 Å². The third kappa shape index (κ3) is 4.43. The molecule has 1 N–H and O–H groups in total. The molecule has 0 radical (unpaired) electrons. The molecule has 0 aliphatic heterocycles. The van der Waals surface area contributed by atoms with Gasteiger partial charge in [-0.1, -0.05) is 24.4 Å². The van der Waals surface area contributed by atoms with Crippen molar-refractivity contribution in [2.24, 2.45) is 0 Å². The van der Waals surface area contributed by atoms with E-state index in [9.17, 15) is 4.39 Å². The summed E-state index contributed by atoms with van der Waals surface area (Å²) in [5, 5.41) is 3.15. The smallest absolute Gasteiger partial charge is 0.146 e. The number of hydrogen-bond acceptors (Lipinski definition) is 3. The molecule has 2 aromatic carbocycles. The summed E-state index contributed by atoms with van der Waals surface area (Å²) in [6.07, 6.45) is 0.534. The van der Waals surface area contributed by atoms with Crippen LogP contribution in [0.5, 0.6) is 11.5 Å². The normalized spacial score (nSPS) is 10.1. The zero-order valence-corrected chi connectivity index (χ0v) is 13.4. The van der Waals surface area contributed by atoms with Crippen LogP contribution in [0.4, 0.5) is 10.1 Å². The van der Waals surface area contributed by atoms with Crippen molar-refractivity contribution in [1.82, 2.24) is 0 Å². The van der Waals surface area contributed by atoms with Gasteiger partial charge in [-0.3, -0.25) is 0 Å². The summed E-state index contributed by atoms with van der Waals surface area (Å²) in [5.74, 6) is 1.15. The molecule has 0 bridgehead atoms. The molecule has 0 fully saturated rings. The topological polar surface area (TPSA) is 30.5 Å². The average Bonchev–Trinajstić information content (AvgIpc) is 2.51. The minimum atomic E-state index is -0.254. The number of benzene rings is 2. The first-order chi connectivity index (χ1) is 10.6. The number of anilines is 1. The molecule has 2 aromatic rings. The Kier molecular flexibility index (Phi) is 5.72. The van der Waals surface area contributed by atoms with E-state index in [4.69, 9.17) is 21.7 Å². The van der Waals surface area contributed by atoms with Crippen LogP contribution in [0, 0.1) is 5.82 Å². The Bertz CT molecular complexity index is 644. The summed E-state index contributed by atoms with van der Waals surface area (Å²) in [7, 11) is 1.60. The fourth-order valence-corrected chi connectivity index (χ4v) is 2.29. The lowest BCUT2D eigenvalue weighted by atomic mass is 10.1. The molecule has 0 saturated carbocycles. The number of methoxy groups -OCH3 is 1. The highest BCUT2D eigenvalue weighted by Gasteiger charge is 2.07. The van der Waals surface area contributed by atoms with E-state index in [1.165, 1.54) is 12.1 Å². The van der Waals surface area contributed by atoms with Gasteiger partial charge in [0.05, 0.1) is 24.4 Å². The number of thiocarbonyl (C=S) groups is 1. The summed E-state index contributed by atoms with van der Waals surface area (Å²) >= 11 is 5.35. The molecule has 116 valence electrons. The number of ether oxygens (including phenoxy) is 2. The van der Waals surface area contributed by atoms with Gasteiger partial charge in [0, 0.05) is 12.5 Å². The fraction of sp³-hybridized carbons (Fsp3) is 0.235. The predicted molar refractivity (Wildman–Crippen MR) is 90.5 cm³/mol. The lowest BCUT2D eigenvalue weighted by Crippen LogP contribution is -2.13. The van der Waals surface area contributed by atoms with Gasteiger partial charge >= 0.3 is 0 Å². The van der Waals surface area contributed by atoms with Crippen molar-refractivity contribution >= 4 is 22.9 Å². The average molecular weight is 319 g/mol. The molecular formula is C17H18FNO2S. The molecule has 0 aromatic heterocycles. The molecular weight excluding hydrogens is 301 g/mol. The minimum absolute atomic E-state index is 0.254. The van der Waals surface area contributed by atoms with E-state index in [1.54, 1.807) is 19.2 Å². The van der Waals surface area contributed by atoms with E-state index in [-0.39, 0.29) is 5.82 Å². The molecule has 0 amide bonds. The number of nitrogens with one attached hydrogen (secondary N) is 1. The van der Waals surface area contributed by atoms with Gasteiger partial charge in [0.1, 0.15) is 17.3 Å². The van der Waals surface area contributed by atoms with Crippen molar-refractivity contribution in [1.29, 1.82) is 0 Å². The van der Waals surface area contributed by atoms with Crippen molar-refractivity contribution in [2.45, 2.75) is 13.3 Å². The van der Waals surface area contributed by atoms with Gasteiger partial charge < -0.3 is 14.8 Å². The van der Waals surface area contributed by atoms with Gasteiger partial charge in [0.15, 0.2) is 0 Å². The molecule has 0 aliphatic carbocycles. The standard InChI is InChI=1S/C17H18FNO2S/c1-3-21-14-8-9-15(16(11-14)20-2)19-17(22)10-12-4-6-13(18)7-5-12/h4-9,11H,3,10H2,1-2H3,(H,19,22). The molecule has 3 nitrogen and oxygen atoms in total. The van der Waals surface area contributed by atoms with Crippen LogP contribution in [-0.4, -0.2) is 18.7 Å². The largest absolute Gasteiger partial charge is 0.494 e. The molecule has 5 heteroatoms. The molecule has 0 aliphatic rings. The van der Waals surface area contributed by atoms with Crippen molar-refractivity contribution < 1.29 is 13.9 Å². The van der Waals surface area contributed by atoms with Gasteiger partial charge in [-0.2, -0.15) is 0 Å². The molecule has 0 saturated heterocycles. The molecule has 0 spiro atoms. The van der Waals surface area contributed by atoms with Crippen LogP contribution in [0.1, 0.15) is 12.5 Å². The van der Waals surface area contributed by atoms with Gasteiger partial charge in [0.2, 0.25) is 0 Å². The number of halogens is 1. The second-order valence-electron chi connectivity index (χ2n) is 4.65. The third-order valence-corrected chi connectivity index (χ3v) is 3.28. The van der Waals surface area contributed by atoms with Crippen LogP contribution in [-0.2, 0) is 6.42 Å². The Labute approximate surface area is 135 Å². The quantitative estimate of drug-likeness (QED) is 0.808. The number of hydrogen-bond donors (Lipinski definition) is 1. The van der Waals surface area contributed by atoms with Gasteiger partial charge in [-0.15, -0.1) is 0 Å². The van der Waals surface area contributed by atoms with Gasteiger partial charge in [-0.25, -0.2) is 4.39 Å². The van der Waals surface area contributed by atoms with Crippen LogP contribution in [0.15, 0.2) is 42.5 Å². The van der Waals surface area contributed by atoms with Gasteiger partial charge in [0.25, 0.3) is 0 Å². The van der Waals surface area contributed by atoms with E-state index in [0.29, 0.717) is 23.8 Å². The Balaban J connectivity index is 2.05. The van der Waals surface area contributed by atoms with Crippen LogP contribution >= 0.6 is 12.2 Å². The molecule has 22 heavy (non-hydrogen) atoms. The van der Waals surface area contributed by atoms with E-state index in [0.717, 1.165) is 17.0 Å². The Morgan fingerprint density at radius 3 is 2.55 bits per heavy atom. The van der Waals surface area contributed by atoms with E-state index < -0.39 is 0 Å². The second-order valence-corrected chi connectivity index (χ2v) is 5.14. The zero-order valence-electron chi connectivity index (χ0n) is 12.6. The SMILES string of the molecule is CCOc1ccc(NC(=S)Cc2ccc(F)cc2)c(OC)c1. The van der Waals surface area contributed by atoms with Crippen molar-refractivity contribution in [3.63, 3.8) is 0 Å². The lowest BCUT2D eigenvalue weighted by Gasteiger charge is -2.13. The summed E-state index contributed by atoms with van der Waals surface area (Å²) in [4.78, 5) is 0.633. The summed E-state index contributed by atoms with van der Waals surface area (Å²) in [6.45, 7) is 2.52. The zero-order chi connectivity index (χ0) is 15.9. The first-order valence-electron chi connectivity index (χ1n) is 6.97. The highest BCUT2D eigenvalue weighted by molar-refractivity contribution is 7.80. The maximum absolute atomic E-state index is 12.9. The van der Waals surface area contributed by atoms with Crippen LogP contribution in [0.3, 0.4) is 0 Å². The maximum Gasteiger partial charge on any atom is 0.146 e. The Morgan fingerprint density at radius 1 is 1.18 bits per heavy atom. The van der Waals surface area contributed by atoms with Crippen LogP contribution in [0.25, 0.3) is 0 Å². The predicted octanol–water partition coefficient (Wildman–Crippen LogP) is 4.22. The maximum atomic E-state index is 12.9. The molecule has 0 unspecified atom stereocenters. The second kappa shape index (κ2) is 7.75. The van der Waals surface area contributed by atoms with Crippen molar-refractivity contribution in [2.75, 3.05) is 19.0 Å². The van der Waals surface area contributed by atoms with E-state index in [1.807, 2.05) is 25.1 Å². The monoisotopic (exact) mass is 319 g/mol. The van der Waals surface area contributed by atoms with Crippen molar-refractivity contribution in [3.05, 3.63) is 53.8 Å². The lowest BCUT2D eigenvalue weighted by molar-refractivity contribution is 0.336. The van der Waals surface area contributed by atoms with Crippen molar-refractivity contribution in [3.8, 4) is 11.5 Å². The third-order valence-electron chi connectivity index (χ3n) is 3.04. The highest BCUT2D eigenvalue weighted by atomic mass is 32.1. The van der Waals surface area contributed by atoms with Crippen LogP contribution in [0.2, 0.25) is 0 Å². The molecule has 0 heterocycles. The minimum Gasteiger partial charge on any atom is -0.494 e. The Hall–Kier alpha value is -2.14. The highest BCUT2D eigenvalue weighted by Crippen LogP contribution is 2.29. The molecule has 0 atom stereocenters. The molecule has 2 rings (SSSR count).